The third kappa shape index (κ3) is 5.12. The summed E-state index contributed by atoms with van der Waals surface area (Å²) in [6.07, 6.45) is 3.62. The molecular formula is C25H22N4O4. The first-order valence-electron chi connectivity index (χ1n) is 10.5. The molecule has 2 N–H and O–H groups in total. The number of aromatic nitrogens is 1. The highest BCUT2D eigenvalue weighted by atomic mass is 16.2. The van der Waals surface area contributed by atoms with Gasteiger partial charge in [0.25, 0.3) is 17.7 Å². The molecule has 8 nitrogen and oxygen atoms in total. The highest BCUT2D eigenvalue weighted by Gasteiger charge is 2.34. The first kappa shape index (κ1) is 21.9. The average molecular weight is 442 g/mol. The van der Waals surface area contributed by atoms with E-state index in [2.05, 4.69) is 15.6 Å². The molecule has 0 unspecified atom stereocenters. The smallest absolute Gasteiger partial charge is 0.261 e. The van der Waals surface area contributed by atoms with Gasteiger partial charge < -0.3 is 10.6 Å². The Bertz CT molecular complexity index is 1170. The molecule has 0 saturated heterocycles. The van der Waals surface area contributed by atoms with Crippen LogP contribution in [0.5, 0.6) is 0 Å². The van der Waals surface area contributed by atoms with E-state index >= 15 is 0 Å². The first-order chi connectivity index (χ1) is 16.0. The number of carbonyl (C=O) groups is 4. The highest BCUT2D eigenvalue weighted by molar-refractivity contribution is 6.21. The number of rotatable bonds is 8. The molecule has 1 aliphatic rings. The molecule has 4 amide bonds. The number of hydrogen-bond acceptors (Lipinski definition) is 5. The van der Waals surface area contributed by atoms with Gasteiger partial charge in [-0.25, -0.2) is 0 Å². The largest absolute Gasteiger partial charge is 0.348 e. The topological polar surface area (TPSA) is 108 Å². The van der Waals surface area contributed by atoms with Gasteiger partial charge in [0.1, 0.15) is 0 Å². The van der Waals surface area contributed by atoms with E-state index in [0.717, 1.165) is 5.56 Å². The molecule has 2 aromatic carbocycles. The van der Waals surface area contributed by atoms with E-state index in [9.17, 15) is 19.2 Å². The lowest BCUT2D eigenvalue weighted by atomic mass is 10.1. The van der Waals surface area contributed by atoms with Crippen molar-refractivity contribution in [1.82, 2.24) is 15.2 Å². The molecule has 166 valence electrons. The van der Waals surface area contributed by atoms with Gasteiger partial charge in [-0.05, 0) is 48.4 Å². The van der Waals surface area contributed by atoms with E-state index in [4.69, 9.17) is 0 Å². The van der Waals surface area contributed by atoms with E-state index in [1.54, 1.807) is 60.8 Å². The standard InChI is InChI=1S/C25H22N4O4/c30-22(11-5-13-29-24(32)20-9-1-2-10-21(20)25(29)33)28-19-8-3-6-17(14-19)15-27-23(31)18-7-4-12-26-16-18/h1-4,6-10,12,14,16H,5,11,13,15H2,(H,27,31)(H,28,30). The molecular weight excluding hydrogens is 420 g/mol. The normalized spacial score (nSPS) is 12.4. The summed E-state index contributed by atoms with van der Waals surface area (Å²) < 4.78 is 0. The van der Waals surface area contributed by atoms with Crippen LogP contribution >= 0.6 is 0 Å². The van der Waals surface area contributed by atoms with Gasteiger partial charge in [-0.3, -0.25) is 29.1 Å². The van der Waals surface area contributed by atoms with Crippen molar-refractivity contribution < 1.29 is 19.2 Å². The molecule has 0 radical (unpaired) electrons. The van der Waals surface area contributed by atoms with E-state index < -0.39 is 0 Å². The van der Waals surface area contributed by atoms with Crippen LogP contribution < -0.4 is 10.6 Å². The fourth-order valence-electron chi connectivity index (χ4n) is 3.60. The van der Waals surface area contributed by atoms with Gasteiger partial charge in [-0.15, -0.1) is 0 Å². The lowest BCUT2D eigenvalue weighted by Crippen LogP contribution is -2.31. The molecule has 2 heterocycles. The van der Waals surface area contributed by atoms with Crippen LogP contribution in [0.2, 0.25) is 0 Å². The van der Waals surface area contributed by atoms with Crippen LogP contribution in [0.1, 0.15) is 49.5 Å². The summed E-state index contributed by atoms with van der Waals surface area (Å²) in [6.45, 7) is 0.483. The molecule has 1 aliphatic heterocycles. The molecule has 0 atom stereocenters. The molecule has 0 bridgehead atoms. The van der Waals surface area contributed by atoms with Gasteiger partial charge in [0.15, 0.2) is 0 Å². The summed E-state index contributed by atoms with van der Waals surface area (Å²) in [5.74, 6) is -1.09. The number of carbonyl (C=O) groups excluding carboxylic acids is 4. The van der Waals surface area contributed by atoms with Gasteiger partial charge in [0.05, 0.1) is 16.7 Å². The molecule has 8 heteroatoms. The van der Waals surface area contributed by atoms with Gasteiger partial charge in [-0.2, -0.15) is 0 Å². The maximum Gasteiger partial charge on any atom is 0.261 e. The number of fused-ring (bicyclic) bond motifs is 1. The number of pyridine rings is 1. The Kier molecular flexibility index (Phi) is 6.54. The quantitative estimate of drug-likeness (QED) is 0.522. The predicted molar refractivity (Wildman–Crippen MR) is 122 cm³/mol. The third-order valence-corrected chi connectivity index (χ3v) is 5.25. The molecule has 3 aromatic rings. The van der Waals surface area contributed by atoms with Crippen LogP contribution in [-0.2, 0) is 11.3 Å². The number of benzene rings is 2. The van der Waals surface area contributed by atoms with E-state index in [-0.39, 0.29) is 36.6 Å². The molecule has 0 fully saturated rings. The number of hydrogen-bond donors (Lipinski definition) is 2. The van der Waals surface area contributed by atoms with Crippen molar-refractivity contribution in [3.05, 3.63) is 95.3 Å². The van der Waals surface area contributed by atoms with Gasteiger partial charge in [0, 0.05) is 37.6 Å². The second-order valence-corrected chi connectivity index (χ2v) is 7.58. The van der Waals surface area contributed by atoms with Gasteiger partial charge in [-0.1, -0.05) is 24.3 Å². The van der Waals surface area contributed by atoms with Crippen molar-refractivity contribution in [2.24, 2.45) is 0 Å². The van der Waals surface area contributed by atoms with Crippen molar-refractivity contribution in [3.63, 3.8) is 0 Å². The molecule has 1 aromatic heterocycles. The van der Waals surface area contributed by atoms with Crippen LogP contribution in [0.3, 0.4) is 0 Å². The molecule has 4 rings (SSSR count). The lowest BCUT2D eigenvalue weighted by molar-refractivity contribution is -0.116. The number of amides is 4. The molecule has 33 heavy (non-hydrogen) atoms. The molecule has 0 spiro atoms. The SMILES string of the molecule is O=C(CCCN1C(=O)c2ccccc2C1=O)Nc1cccc(CNC(=O)c2cccnc2)c1. The van der Waals surface area contributed by atoms with Crippen LogP contribution in [0.15, 0.2) is 73.1 Å². The van der Waals surface area contributed by atoms with E-state index in [1.807, 2.05) is 6.07 Å². The maximum absolute atomic E-state index is 12.4. The summed E-state index contributed by atoms with van der Waals surface area (Å²) in [5, 5.41) is 5.63. The Labute approximate surface area is 190 Å². The maximum atomic E-state index is 12.4. The fraction of sp³-hybridized carbons (Fsp3) is 0.160. The van der Waals surface area contributed by atoms with Gasteiger partial charge in [0.2, 0.25) is 5.91 Å². The predicted octanol–water partition coefficient (Wildman–Crippen LogP) is 3.03. The summed E-state index contributed by atoms with van der Waals surface area (Å²) in [4.78, 5) is 54.4. The molecule has 0 aliphatic carbocycles. The second kappa shape index (κ2) is 9.86. The first-order valence-corrected chi connectivity index (χ1v) is 10.5. The highest BCUT2D eigenvalue weighted by Crippen LogP contribution is 2.22. The van der Waals surface area contributed by atoms with Crippen molar-refractivity contribution in [2.75, 3.05) is 11.9 Å². The van der Waals surface area contributed by atoms with Crippen molar-refractivity contribution in [2.45, 2.75) is 19.4 Å². The zero-order valence-electron chi connectivity index (χ0n) is 17.8. The van der Waals surface area contributed by atoms with Crippen LogP contribution in [0.4, 0.5) is 5.69 Å². The Morgan fingerprint density at radius 1 is 0.909 bits per heavy atom. The van der Waals surface area contributed by atoms with Crippen molar-refractivity contribution >= 4 is 29.3 Å². The van der Waals surface area contributed by atoms with Crippen LogP contribution in [0, 0.1) is 0 Å². The lowest BCUT2D eigenvalue weighted by Gasteiger charge is -2.13. The minimum Gasteiger partial charge on any atom is -0.348 e. The summed E-state index contributed by atoms with van der Waals surface area (Å²) in [5.41, 5.74) is 2.71. The molecule has 0 saturated carbocycles. The number of nitrogens with zero attached hydrogens (tertiary/aromatic N) is 2. The Balaban J connectivity index is 1.25. The van der Waals surface area contributed by atoms with Gasteiger partial charge >= 0.3 is 0 Å². The van der Waals surface area contributed by atoms with E-state index in [0.29, 0.717) is 35.3 Å². The second-order valence-electron chi connectivity index (χ2n) is 7.58. The Hall–Kier alpha value is -4.33. The van der Waals surface area contributed by atoms with Crippen molar-refractivity contribution in [3.8, 4) is 0 Å². The van der Waals surface area contributed by atoms with Crippen molar-refractivity contribution in [1.29, 1.82) is 0 Å². The van der Waals surface area contributed by atoms with Crippen LogP contribution in [-0.4, -0.2) is 40.1 Å². The minimum absolute atomic E-state index is 0.162. The number of imide groups is 1. The van der Waals surface area contributed by atoms with Crippen LogP contribution in [0.25, 0.3) is 0 Å². The summed E-state index contributed by atoms with van der Waals surface area (Å²) in [6, 6.07) is 17.3. The summed E-state index contributed by atoms with van der Waals surface area (Å²) >= 11 is 0. The summed E-state index contributed by atoms with van der Waals surface area (Å²) in [7, 11) is 0. The number of nitrogens with one attached hydrogen (secondary N) is 2. The number of anilines is 1. The zero-order valence-corrected chi connectivity index (χ0v) is 17.8. The Morgan fingerprint density at radius 2 is 1.67 bits per heavy atom. The zero-order chi connectivity index (χ0) is 23.2. The average Bonchev–Trinajstić information content (AvgIpc) is 3.08. The van der Waals surface area contributed by atoms with E-state index in [1.165, 1.54) is 11.1 Å². The fourth-order valence-corrected chi connectivity index (χ4v) is 3.60. The third-order valence-electron chi connectivity index (χ3n) is 5.25. The minimum atomic E-state index is -0.322. The Morgan fingerprint density at radius 3 is 2.36 bits per heavy atom. The monoisotopic (exact) mass is 442 g/mol.